The van der Waals surface area contributed by atoms with Crippen LogP contribution in [0.25, 0.3) is 0 Å². The molecule has 2 fully saturated rings. The van der Waals surface area contributed by atoms with Crippen molar-refractivity contribution in [3.05, 3.63) is 41.8 Å². The summed E-state index contributed by atoms with van der Waals surface area (Å²) in [7, 11) is 0. The van der Waals surface area contributed by atoms with E-state index < -0.39 is 5.91 Å². The molecule has 8 heteroatoms. The van der Waals surface area contributed by atoms with Gasteiger partial charge >= 0.3 is 0 Å². The number of nitrogens with one attached hydrogen (secondary N) is 1. The molecular weight excluding hydrogens is 409 g/mol. The molecule has 1 unspecified atom stereocenters. The van der Waals surface area contributed by atoms with E-state index in [1.54, 1.807) is 23.0 Å². The lowest BCUT2D eigenvalue weighted by molar-refractivity contribution is 0.0561. The van der Waals surface area contributed by atoms with Gasteiger partial charge < -0.3 is 20.7 Å². The van der Waals surface area contributed by atoms with Crippen molar-refractivity contribution in [1.82, 2.24) is 14.7 Å². The van der Waals surface area contributed by atoms with Crippen molar-refractivity contribution in [1.29, 1.82) is 0 Å². The summed E-state index contributed by atoms with van der Waals surface area (Å²) in [5.74, 6) is 3.08. The largest absolute Gasteiger partial charge is 0.381 e. The second-order valence-corrected chi connectivity index (χ2v) is 8.64. The number of piperidine rings is 1. The monoisotopic (exact) mass is 439 g/mol. The van der Waals surface area contributed by atoms with Crippen molar-refractivity contribution in [2.24, 2.45) is 17.6 Å². The lowest BCUT2D eigenvalue weighted by Crippen LogP contribution is -2.42. The Morgan fingerprint density at radius 2 is 2.03 bits per heavy atom. The fourth-order valence-electron chi connectivity index (χ4n) is 4.57. The molecule has 0 aliphatic carbocycles. The van der Waals surface area contributed by atoms with Gasteiger partial charge in [0, 0.05) is 37.6 Å². The first kappa shape index (κ1) is 22.3. The molecule has 3 N–H and O–H groups in total. The van der Waals surface area contributed by atoms with Gasteiger partial charge in [0.25, 0.3) is 5.91 Å². The number of halogens is 1. The molecule has 0 radical (unpaired) electrons. The van der Waals surface area contributed by atoms with Crippen molar-refractivity contribution < 1.29 is 13.9 Å². The van der Waals surface area contributed by atoms with Gasteiger partial charge in [0.05, 0.1) is 6.04 Å². The zero-order valence-electron chi connectivity index (χ0n) is 18.2. The summed E-state index contributed by atoms with van der Waals surface area (Å²) in [4.78, 5) is 14.5. The van der Waals surface area contributed by atoms with Gasteiger partial charge in [-0.3, -0.25) is 9.48 Å². The maximum atomic E-state index is 13.2. The highest BCUT2D eigenvalue weighted by molar-refractivity contribution is 5.98. The molecule has 32 heavy (non-hydrogen) atoms. The summed E-state index contributed by atoms with van der Waals surface area (Å²) in [5.41, 5.74) is 6.51. The number of likely N-dealkylation sites (tertiary alicyclic amines) is 1. The van der Waals surface area contributed by atoms with E-state index in [4.69, 9.17) is 16.9 Å². The first-order valence-corrected chi connectivity index (χ1v) is 11.2. The molecule has 2 atom stereocenters. The molecule has 0 saturated carbocycles. The standard InChI is InChI=1S/C24H30FN5O2/c1-2-18-8-12-29(11-7-17-9-13-32-14-10-17)16-22(18)30-15-21(23(26)31)24(28-30)27-20-5-3-19(25)4-6-20/h1,3-6,15,17-18,22H,7-14,16H2,(H2,26,31)(H,27,28)/t18-,22?/m1/s1. The van der Waals surface area contributed by atoms with Crippen LogP contribution in [0.3, 0.4) is 0 Å². The highest BCUT2D eigenvalue weighted by Crippen LogP contribution is 2.30. The molecule has 7 nitrogen and oxygen atoms in total. The molecule has 2 saturated heterocycles. The average Bonchev–Trinajstić information content (AvgIpc) is 3.23. The van der Waals surface area contributed by atoms with Gasteiger partial charge in [-0.05, 0) is 69.0 Å². The Labute approximate surface area is 188 Å². The molecule has 2 aliphatic heterocycles. The van der Waals surface area contributed by atoms with Gasteiger partial charge in [-0.15, -0.1) is 12.3 Å². The predicted molar refractivity (Wildman–Crippen MR) is 121 cm³/mol. The lowest BCUT2D eigenvalue weighted by Gasteiger charge is -2.37. The van der Waals surface area contributed by atoms with E-state index in [0.29, 0.717) is 17.4 Å². The first-order valence-electron chi connectivity index (χ1n) is 11.2. The van der Waals surface area contributed by atoms with Crippen molar-refractivity contribution in [2.45, 2.75) is 31.7 Å². The Morgan fingerprint density at radius 3 is 2.72 bits per heavy atom. The van der Waals surface area contributed by atoms with Gasteiger partial charge in [0.15, 0.2) is 5.82 Å². The number of primary amides is 1. The third-order valence-electron chi connectivity index (χ3n) is 6.52. The van der Waals surface area contributed by atoms with Crippen molar-refractivity contribution in [3.8, 4) is 12.3 Å². The Balaban J connectivity index is 1.49. The van der Waals surface area contributed by atoms with Gasteiger partial charge in [0.1, 0.15) is 11.4 Å². The number of benzene rings is 1. The van der Waals surface area contributed by atoms with E-state index in [2.05, 4.69) is 21.2 Å². The highest BCUT2D eigenvalue weighted by Gasteiger charge is 2.31. The highest BCUT2D eigenvalue weighted by atomic mass is 19.1. The van der Waals surface area contributed by atoms with Crippen LogP contribution in [0, 0.1) is 30.0 Å². The third-order valence-corrected chi connectivity index (χ3v) is 6.52. The number of carbonyl (C=O) groups is 1. The second-order valence-electron chi connectivity index (χ2n) is 8.64. The summed E-state index contributed by atoms with van der Waals surface area (Å²) < 4.78 is 20.5. The van der Waals surface area contributed by atoms with Crippen LogP contribution in [0.4, 0.5) is 15.9 Å². The maximum Gasteiger partial charge on any atom is 0.254 e. The lowest BCUT2D eigenvalue weighted by atomic mass is 9.91. The SMILES string of the molecule is C#C[C@@H]1CCN(CCC2CCOCC2)CC1n1cc(C(N)=O)c(Nc2ccc(F)cc2)n1. The van der Waals surface area contributed by atoms with E-state index in [-0.39, 0.29) is 23.3 Å². The second kappa shape index (κ2) is 10.2. The first-order chi connectivity index (χ1) is 15.5. The molecule has 1 aromatic carbocycles. The van der Waals surface area contributed by atoms with E-state index in [0.717, 1.165) is 58.5 Å². The van der Waals surface area contributed by atoms with Crippen molar-refractivity contribution >= 4 is 17.4 Å². The quantitative estimate of drug-likeness (QED) is 0.648. The third kappa shape index (κ3) is 5.29. The summed E-state index contributed by atoms with van der Waals surface area (Å²) in [5, 5.41) is 7.70. The number of amides is 1. The average molecular weight is 440 g/mol. The maximum absolute atomic E-state index is 13.2. The van der Waals surface area contributed by atoms with E-state index in [9.17, 15) is 9.18 Å². The van der Waals surface area contributed by atoms with Gasteiger partial charge in [-0.25, -0.2) is 4.39 Å². The molecule has 2 aliphatic rings. The minimum Gasteiger partial charge on any atom is -0.381 e. The number of nitrogens with two attached hydrogens (primary N) is 1. The summed E-state index contributed by atoms with van der Waals surface area (Å²) in [6.07, 6.45) is 11.8. The van der Waals surface area contributed by atoms with Crippen molar-refractivity contribution in [3.63, 3.8) is 0 Å². The fraction of sp³-hybridized carbons (Fsp3) is 0.500. The molecule has 0 spiro atoms. The number of hydrogen-bond acceptors (Lipinski definition) is 5. The summed E-state index contributed by atoms with van der Waals surface area (Å²) >= 11 is 0. The number of nitrogens with zero attached hydrogens (tertiary/aromatic N) is 3. The van der Waals surface area contributed by atoms with Crippen LogP contribution in [0.1, 0.15) is 42.1 Å². The fourth-order valence-corrected chi connectivity index (χ4v) is 4.57. The van der Waals surface area contributed by atoms with Crippen LogP contribution in [0.15, 0.2) is 30.5 Å². The molecular formula is C24H30FN5O2. The normalized spacial score (nSPS) is 22.4. The van der Waals surface area contributed by atoms with Crippen LogP contribution < -0.4 is 11.1 Å². The van der Waals surface area contributed by atoms with Crippen LogP contribution in [-0.2, 0) is 4.74 Å². The zero-order chi connectivity index (χ0) is 22.5. The molecule has 2 aromatic rings. The summed E-state index contributed by atoms with van der Waals surface area (Å²) in [6.45, 7) is 4.47. The van der Waals surface area contributed by atoms with Crippen LogP contribution in [-0.4, -0.2) is 53.4 Å². The number of anilines is 2. The Morgan fingerprint density at radius 1 is 1.28 bits per heavy atom. The minimum absolute atomic E-state index is 0.0219. The van der Waals surface area contributed by atoms with E-state index >= 15 is 0 Å². The molecule has 1 aromatic heterocycles. The molecule has 170 valence electrons. The number of rotatable bonds is 7. The minimum atomic E-state index is -0.578. The van der Waals surface area contributed by atoms with E-state index in [1.165, 1.54) is 12.1 Å². The molecule has 0 bridgehead atoms. The number of hydrogen-bond donors (Lipinski definition) is 2. The molecule has 1 amide bonds. The zero-order valence-corrected chi connectivity index (χ0v) is 18.2. The number of ether oxygens (including phenoxy) is 1. The van der Waals surface area contributed by atoms with Gasteiger partial charge in [0.2, 0.25) is 0 Å². The Hall–Kier alpha value is -2.89. The Kier molecular flexibility index (Phi) is 7.08. The predicted octanol–water partition coefficient (Wildman–Crippen LogP) is 3.18. The topological polar surface area (TPSA) is 85.4 Å². The Bertz CT molecular complexity index is 962. The molecule has 3 heterocycles. The van der Waals surface area contributed by atoms with Crippen molar-refractivity contribution in [2.75, 3.05) is 38.2 Å². The van der Waals surface area contributed by atoms with E-state index in [1.807, 2.05) is 0 Å². The smallest absolute Gasteiger partial charge is 0.254 e. The van der Waals surface area contributed by atoms with Crippen LogP contribution in [0.5, 0.6) is 0 Å². The van der Waals surface area contributed by atoms with Gasteiger partial charge in [-0.2, -0.15) is 5.10 Å². The summed E-state index contributed by atoms with van der Waals surface area (Å²) in [6, 6.07) is 5.80. The van der Waals surface area contributed by atoms with Crippen LogP contribution >= 0.6 is 0 Å². The van der Waals surface area contributed by atoms with Crippen LogP contribution in [0.2, 0.25) is 0 Å². The van der Waals surface area contributed by atoms with Gasteiger partial charge in [-0.1, -0.05) is 0 Å². The number of terminal acetylenes is 1. The number of aromatic nitrogens is 2. The molecule has 4 rings (SSSR count). The number of carbonyl (C=O) groups excluding carboxylic acids is 1.